The summed E-state index contributed by atoms with van der Waals surface area (Å²) in [6, 6.07) is 3.51. The Bertz CT molecular complexity index is 860. The van der Waals surface area contributed by atoms with Gasteiger partial charge >= 0.3 is 6.09 Å². The highest BCUT2D eigenvalue weighted by atomic mass is 16.6. The number of ether oxygens (including phenoxy) is 1. The van der Waals surface area contributed by atoms with Gasteiger partial charge in [0.1, 0.15) is 17.7 Å². The summed E-state index contributed by atoms with van der Waals surface area (Å²) in [4.78, 5) is 41.2. The standard InChI is InChI=1S/C26H41N3O5/c1-7-8-15-27-23(31)22(20-14-9-11-17(2)18(20)3)29(19-12-10-13-19)24(32)21(16-30)28-25(33)34-26(4,5)6/h9,11,14,19,21-22,30H,7-8,10,12-13,15-16H2,1-6H3,(H,27,31)(H,28,33). The lowest BCUT2D eigenvalue weighted by atomic mass is 9.86. The van der Waals surface area contributed by atoms with E-state index >= 15 is 0 Å². The van der Waals surface area contributed by atoms with Gasteiger partial charge in [-0.15, -0.1) is 0 Å². The van der Waals surface area contributed by atoms with E-state index in [2.05, 4.69) is 10.6 Å². The predicted octanol–water partition coefficient (Wildman–Crippen LogP) is 3.53. The minimum absolute atomic E-state index is 0.149. The van der Waals surface area contributed by atoms with Crippen LogP contribution in [0.25, 0.3) is 0 Å². The molecule has 3 amide bonds. The van der Waals surface area contributed by atoms with Crippen molar-refractivity contribution in [2.75, 3.05) is 13.2 Å². The van der Waals surface area contributed by atoms with Crippen molar-refractivity contribution in [2.45, 2.75) is 97.4 Å². The largest absolute Gasteiger partial charge is 0.444 e. The number of hydrogen-bond acceptors (Lipinski definition) is 5. The van der Waals surface area contributed by atoms with Crippen LogP contribution in [0, 0.1) is 13.8 Å². The zero-order valence-corrected chi connectivity index (χ0v) is 21.4. The summed E-state index contributed by atoms with van der Waals surface area (Å²) >= 11 is 0. The highest BCUT2D eigenvalue weighted by molar-refractivity contribution is 5.92. The van der Waals surface area contributed by atoms with Gasteiger partial charge in [-0.2, -0.15) is 0 Å². The molecular formula is C26H41N3O5. The molecule has 8 nitrogen and oxygen atoms in total. The van der Waals surface area contributed by atoms with Crippen molar-refractivity contribution >= 4 is 17.9 Å². The van der Waals surface area contributed by atoms with Crippen molar-refractivity contribution in [1.29, 1.82) is 0 Å². The summed E-state index contributed by atoms with van der Waals surface area (Å²) in [6.45, 7) is 11.1. The maximum absolute atomic E-state index is 13.8. The van der Waals surface area contributed by atoms with Gasteiger partial charge in [0.05, 0.1) is 6.61 Å². The van der Waals surface area contributed by atoms with E-state index in [9.17, 15) is 19.5 Å². The Morgan fingerprint density at radius 3 is 2.41 bits per heavy atom. The topological polar surface area (TPSA) is 108 Å². The maximum Gasteiger partial charge on any atom is 0.408 e. The smallest absolute Gasteiger partial charge is 0.408 e. The summed E-state index contributed by atoms with van der Waals surface area (Å²) in [6.07, 6.45) is 3.46. The van der Waals surface area contributed by atoms with Crippen LogP contribution >= 0.6 is 0 Å². The number of carbonyl (C=O) groups is 3. The number of hydrogen-bond donors (Lipinski definition) is 3. The lowest BCUT2D eigenvalue weighted by Crippen LogP contribution is -2.58. The Morgan fingerprint density at radius 1 is 1.21 bits per heavy atom. The van der Waals surface area contributed by atoms with Crippen molar-refractivity contribution in [3.63, 3.8) is 0 Å². The molecule has 0 aromatic heterocycles. The molecule has 0 aliphatic heterocycles. The van der Waals surface area contributed by atoms with Crippen molar-refractivity contribution in [2.24, 2.45) is 0 Å². The molecule has 190 valence electrons. The van der Waals surface area contributed by atoms with Crippen LogP contribution in [0.3, 0.4) is 0 Å². The van der Waals surface area contributed by atoms with Crippen LogP contribution in [0.5, 0.6) is 0 Å². The molecule has 1 aliphatic carbocycles. The Balaban J connectivity index is 2.44. The number of benzene rings is 1. The number of unbranched alkanes of at least 4 members (excludes halogenated alkanes) is 1. The van der Waals surface area contributed by atoms with Crippen LogP contribution < -0.4 is 10.6 Å². The number of rotatable bonds is 10. The molecule has 1 aromatic rings. The van der Waals surface area contributed by atoms with Gasteiger partial charge in [0.25, 0.3) is 0 Å². The van der Waals surface area contributed by atoms with Crippen LogP contribution in [-0.2, 0) is 14.3 Å². The third-order valence-corrected chi connectivity index (χ3v) is 6.19. The fourth-order valence-corrected chi connectivity index (χ4v) is 3.97. The summed E-state index contributed by atoms with van der Waals surface area (Å²) in [5.74, 6) is -0.744. The van der Waals surface area contributed by atoms with Crippen molar-refractivity contribution in [1.82, 2.24) is 15.5 Å². The molecule has 1 saturated carbocycles. The zero-order chi connectivity index (χ0) is 25.5. The molecule has 0 bridgehead atoms. The number of amides is 3. The van der Waals surface area contributed by atoms with Crippen LogP contribution in [-0.4, -0.2) is 58.8 Å². The number of aliphatic hydroxyl groups is 1. The molecule has 34 heavy (non-hydrogen) atoms. The van der Waals surface area contributed by atoms with Gasteiger partial charge in [0.2, 0.25) is 11.8 Å². The summed E-state index contributed by atoms with van der Waals surface area (Å²) in [5.41, 5.74) is 1.97. The summed E-state index contributed by atoms with van der Waals surface area (Å²) < 4.78 is 5.28. The third-order valence-electron chi connectivity index (χ3n) is 6.19. The molecule has 0 heterocycles. The molecule has 3 N–H and O–H groups in total. The first-order valence-electron chi connectivity index (χ1n) is 12.3. The highest BCUT2D eigenvalue weighted by Crippen LogP contribution is 2.35. The Labute approximate surface area is 203 Å². The van der Waals surface area contributed by atoms with Crippen LogP contribution in [0.4, 0.5) is 4.79 Å². The summed E-state index contributed by atoms with van der Waals surface area (Å²) in [7, 11) is 0. The Hall–Kier alpha value is -2.61. The van der Waals surface area contributed by atoms with E-state index in [-0.39, 0.29) is 11.9 Å². The fraction of sp³-hybridized carbons (Fsp3) is 0.654. The van der Waals surface area contributed by atoms with Crippen molar-refractivity contribution < 1.29 is 24.2 Å². The molecule has 1 aliphatic rings. The van der Waals surface area contributed by atoms with Gasteiger partial charge in [-0.3, -0.25) is 9.59 Å². The van der Waals surface area contributed by atoms with Gasteiger partial charge in [0.15, 0.2) is 0 Å². The molecule has 2 unspecified atom stereocenters. The first-order valence-corrected chi connectivity index (χ1v) is 12.3. The molecule has 0 radical (unpaired) electrons. The first-order chi connectivity index (χ1) is 16.0. The second kappa shape index (κ2) is 12.2. The lowest BCUT2D eigenvalue weighted by molar-refractivity contribution is -0.148. The van der Waals surface area contributed by atoms with Gasteiger partial charge in [0, 0.05) is 12.6 Å². The normalized spacial score (nSPS) is 15.6. The van der Waals surface area contributed by atoms with E-state index in [1.54, 1.807) is 25.7 Å². The van der Waals surface area contributed by atoms with Crippen molar-refractivity contribution in [3.05, 3.63) is 34.9 Å². The number of alkyl carbamates (subject to hydrolysis) is 1. The number of carbonyl (C=O) groups excluding carboxylic acids is 3. The van der Waals surface area contributed by atoms with E-state index in [0.29, 0.717) is 6.54 Å². The lowest BCUT2D eigenvalue weighted by Gasteiger charge is -2.43. The van der Waals surface area contributed by atoms with E-state index in [0.717, 1.165) is 48.8 Å². The molecule has 1 fully saturated rings. The van der Waals surface area contributed by atoms with E-state index in [1.807, 2.05) is 39.0 Å². The SMILES string of the molecule is CCCCNC(=O)C(c1cccc(C)c1C)N(C(=O)C(CO)NC(=O)OC(C)(C)C)C1CCC1. The van der Waals surface area contributed by atoms with E-state index < -0.39 is 36.3 Å². The molecule has 0 spiro atoms. The molecule has 1 aromatic carbocycles. The Kier molecular flexibility index (Phi) is 9.91. The van der Waals surface area contributed by atoms with Crippen LogP contribution in [0.1, 0.15) is 82.5 Å². The highest BCUT2D eigenvalue weighted by Gasteiger charge is 2.42. The molecule has 8 heteroatoms. The predicted molar refractivity (Wildman–Crippen MR) is 131 cm³/mol. The second-order valence-electron chi connectivity index (χ2n) is 10.0. The number of aliphatic hydroxyl groups excluding tert-OH is 1. The van der Waals surface area contributed by atoms with Crippen molar-refractivity contribution in [3.8, 4) is 0 Å². The molecule has 0 saturated heterocycles. The monoisotopic (exact) mass is 475 g/mol. The fourth-order valence-electron chi connectivity index (χ4n) is 3.97. The van der Waals surface area contributed by atoms with Gasteiger partial charge in [-0.05, 0) is 77.0 Å². The molecule has 2 rings (SSSR count). The number of nitrogens with one attached hydrogen (secondary N) is 2. The maximum atomic E-state index is 13.8. The Morgan fingerprint density at radius 2 is 1.88 bits per heavy atom. The van der Waals surface area contributed by atoms with E-state index in [4.69, 9.17) is 4.74 Å². The van der Waals surface area contributed by atoms with Gasteiger partial charge in [-0.25, -0.2) is 4.79 Å². The average Bonchev–Trinajstić information content (AvgIpc) is 2.71. The van der Waals surface area contributed by atoms with E-state index in [1.165, 1.54) is 0 Å². The number of nitrogens with zero attached hydrogens (tertiary/aromatic N) is 1. The minimum atomic E-state index is -1.22. The second-order valence-corrected chi connectivity index (χ2v) is 10.0. The van der Waals surface area contributed by atoms with Gasteiger partial charge < -0.3 is 25.4 Å². The summed E-state index contributed by atoms with van der Waals surface area (Å²) in [5, 5.41) is 15.5. The number of aryl methyl sites for hydroxylation is 1. The first kappa shape index (κ1) is 27.6. The minimum Gasteiger partial charge on any atom is -0.444 e. The third kappa shape index (κ3) is 7.19. The zero-order valence-electron chi connectivity index (χ0n) is 21.4. The molecular weight excluding hydrogens is 434 g/mol. The van der Waals surface area contributed by atoms with Crippen LogP contribution in [0.15, 0.2) is 18.2 Å². The average molecular weight is 476 g/mol. The van der Waals surface area contributed by atoms with Crippen LogP contribution in [0.2, 0.25) is 0 Å². The van der Waals surface area contributed by atoms with Gasteiger partial charge in [-0.1, -0.05) is 31.5 Å². The molecule has 2 atom stereocenters. The quantitative estimate of drug-likeness (QED) is 0.449.